The maximum atomic E-state index is 6.38. The molecule has 3 heterocycles. The summed E-state index contributed by atoms with van der Waals surface area (Å²) >= 11 is 0. The van der Waals surface area contributed by atoms with Gasteiger partial charge >= 0.3 is 5.91 Å². The van der Waals surface area contributed by atoms with Crippen molar-refractivity contribution in [2.24, 2.45) is 0 Å². The van der Waals surface area contributed by atoms with Crippen LogP contribution in [0.1, 0.15) is 37.1 Å². The first-order valence-corrected chi connectivity index (χ1v) is 7.63. The van der Waals surface area contributed by atoms with Crippen LogP contribution in [0.25, 0.3) is 0 Å². The molecule has 21 heavy (non-hydrogen) atoms. The first-order valence-electron chi connectivity index (χ1n) is 7.63. The van der Waals surface area contributed by atoms with Gasteiger partial charge in [-0.1, -0.05) is 24.3 Å². The standard InChI is InChI=1S/C18H20NO2/c1-13-11-14(2)21-18(20-13)17-9-4-3-7-15(17)12-16-8-5-6-10-19(16)18/h3-10,13-14H,11-12H2,1-2H3/q+1. The van der Waals surface area contributed by atoms with Gasteiger partial charge in [0.15, 0.2) is 11.9 Å². The summed E-state index contributed by atoms with van der Waals surface area (Å²) < 4.78 is 14.9. The minimum absolute atomic E-state index is 0.167. The van der Waals surface area contributed by atoms with E-state index >= 15 is 0 Å². The molecule has 1 aromatic heterocycles. The van der Waals surface area contributed by atoms with Crippen molar-refractivity contribution in [1.29, 1.82) is 0 Å². The highest BCUT2D eigenvalue weighted by Gasteiger charge is 2.55. The predicted octanol–water partition coefficient (Wildman–Crippen LogP) is 2.75. The van der Waals surface area contributed by atoms with E-state index in [1.807, 2.05) is 6.07 Å². The predicted molar refractivity (Wildman–Crippen MR) is 78.7 cm³/mol. The number of nitrogens with zero attached hydrogens (tertiary/aromatic N) is 1. The highest BCUT2D eigenvalue weighted by molar-refractivity contribution is 5.34. The molecule has 1 aromatic carbocycles. The fourth-order valence-corrected chi connectivity index (χ4v) is 3.59. The molecule has 0 aliphatic carbocycles. The van der Waals surface area contributed by atoms with Gasteiger partial charge in [0.25, 0.3) is 0 Å². The third kappa shape index (κ3) is 1.92. The zero-order valence-corrected chi connectivity index (χ0v) is 12.5. The number of hydrogen-bond acceptors (Lipinski definition) is 2. The monoisotopic (exact) mass is 282 g/mol. The largest absolute Gasteiger partial charge is 0.420 e. The molecule has 0 amide bonds. The normalized spacial score (nSPS) is 30.8. The van der Waals surface area contributed by atoms with Gasteiger partial charge in [-0.3, -0.25) is 9.47 Å². The zero-order chi connectivity index (χ0) is 14.4. The highest BCUT2D eigenvalue weighted by Crippen LogP contribution is 2.38. The smallest absolute Gasteiger partial charge is 0.287 e. The van der Waals surface area contributed by atoms with Gasteiger partial charge < -0.3 is 0 Å². The SMILES string of the molecule is CC1CC(C)OC2(O1)c1ccccc1Cc1cccc[n+]12. The number of aromatic nitrogens is 1. The average Bonchev–Trinajstić information content (AvgIpc) is 2.47. The Bertz CT molecular complexity index is 625. The van der Waals surface area contributed by atoms with E-state index in [0.29, 0.717) is 0 Å². The van der Waals surface area contributed by atoms with Crippen LogP contribution in [-0.2, 0) is 21.8 Å². The van der Waals surface area contributed by atoms with Gasteiger partial charge in [-0.2, -0.15) is 0 Å². The molecule has 2 aromatic rings. The van der Waals surface area contributed by atoms with E-state index in [1.54, 1.807) is 0 Å². The number of benzene rings is 1. The Hall–Kier alpha value is -1.71. The van der Waals surface area contributed by atoms with Crippen molar-refractivity contribution in [1.82, 2.24) is 0 Å². The van der Waals surface area contributed by atoms with Crippen LogP contribution in [0.2, 0.25) is 0 Å². The van der Waals surface area contributed by atoms with Gasteiger partial charge in [-0.25, -0.2) is 0 Å². The van der Waals surface area contributed by atoms with Gasteiger partial charge in [0.1, 0.15) is 0 Å². The first-order chi connectivity index (χ1) is 10.2. The van der Waals surface area contributed by atoms with Gasteiger partial charge in [0, 0.05) is 18.6 Å². The van der Waals surface area contributed by atoms with E-state index < -0.39 is 5.91 Å². The lowest BCUT2D eigenvalue weighted by Gasteiger charge is -2.41. The minimum Gasteiger partial charge on any atom is -0.287 e. The van der Waals surface area contributed by atoms with Crippen molar-refractivity contribution < 1.29 is 14.0 Å². The molecule has 1 spiro atoms. The topological polar surface area (TPSA) is 22.3 Å². The second-order valence-corrected chi connectivity index (χ2v) is 6.07. The lowest BCUT2D eigenvalue weighted by atomic mass is 9.94. The Morgan fingerprint density at radius 2 is 1.71 bits per heavy atom. The Kier molecular flexibility index (Phi) is 2.88. The molecule has 3 nitrogen and oxygen atoms in total. The number of rotatable bonds is 0. The van der Waals surface area contributed by atoms with Crippen LogP contribution in [0.4, 0.5) is 0 Å². The van der Waals surface area contributed by atoms with Crippen molar-refractivity contribution >= 4 is 0 Å². The second kappa shape index (κ2) is 4.65. The van der Waals surface area contributed by atoms with Crippen LogP contribution in [0.5, 0.6) is 0 Å². The van der Waals surface area contributed by atoms with Crippen molar-refractivity contribution in [3.8, 4) is 0 Å². The molecule has 2 aliphatic rings. The third-order valence-electron chi connectivity index (χ3n) is 4.38. The molecule has 0 N–H and O–H groups in total. The molecule has 0 saturated carbocycles. The maximum absolute atomic E-state index is 6.38. The Labute approximate surface area is 125 Å². The number of fused-ring (bicyclic) bond motifs is 4. The first kappa shape index (κ1) is 13.0. The second-order valence-electron chi connectivity index (χ2n) is 6.07. The lowest BCUT2D eigenvalue weighted by molar-refractivity contribution is -0.860. The van der Waals surface area contributed by atoms with Crippen LogP contribution in [0, 0.1) is 0 Å². The molecule has 2 atom stereocenters. The van der Waals surface area contributed by atoms with Crippen molar-refractivity contribution in [2.75, 3.05) is 0 Å². The molecule has 2 unspecified atom stereocenters. The summed E-state index contributed by atoms with van der Waals surface area (Å²) in [5.41, 5.74) is 3.63. The van der Waals surface area contributed by atoms with E-state index in [9.17, 15) is 0 Å². The van der Waals surface area contributed by atoms with Gasteiger partial charge in [0.2, 0.25) is 0 Å². The Balaban J connectivity index is 1.97. The van der Waals surface area contributed by atoms with Gasteiger partial charge in [0.05, 0.1) is 24.2 Å². The van der Waals surface area contributed by atoms with Crippen molar-refractivity contribution in [3.05, 3.63) is 65.5 Å². The van der Waals surface area contributed by atoms with Crippen LogP contribution < -0.4 is 4.57 Å². The molecule has 2 aliphatic heterocycles. The van der Waals surface area contributed by atoms with Crippen LogP contribution in [0.15, 0.2) is 48.7 Å². The summed E-state index contributed by atoms with van der Waals surface area (Å²) in [7, 11) is 0. The van der Waals surface area contributed by atoms with E-state index in [0.717, 1.165) is 18.4 Å². The van der Waals surface area contributed by atoms with E-state index in [2.05, 4.69) is 61.0 Å². The van der Waals surface area contributed by atoms with Gasteiger partial charge in [-0.15, -0.1) is 4.57 Å². The fraction of sp³-hybridized carbons (Fsp3) is 0.389. The molecular formula is C18H20NO2+. The molecular weight excluding hydrogens is 262 g/mol. The summed E-state index contributed by atoms with van der Waals surface area (Å²) in [6, 6.07) is 14.7. The van der Waals surface area contributed by atoms with Crippen LogP contribution in [-0.4, -0.2) is 12.2 Å². The highest BCUT2D eigenvalue weighted by atomic mass is 16.7. The quantitative estimate of drug-likeness (QED) is 0.693. The maximum Gasteiger partial charge on any atom is 0.420 e. The summed E-state index contributed by atoms with van der Waals surface area (Å²) in [5.74, 6) is -0.817. The summed E-state index contributed by atoms with van der Waals surface area (Å²) in [5, 5.41) is 0. The van der Waals surface area contributed by atoms with Crippen LogP contribution >= 0.6 is 0 Å². The van der Waals surface area contributed by atoms with Crippen molar-refractivity contribution in [2.45, 2.75) is 44.8 Å². The zero-order valence-electron chi connectivity index (χ0n) is 12.5. The molecule has 4 rings (SSSR count). The molecule has 1 saturated heterocycles. The number of ether oxygens (including phenoxy) is 2. The van der Waals surface area contributed by atoms with Crippen LogP contribution in [0.3, 0.4) is 0 Å². The van der Waals surface area contributed by atoms with E-state index in [-0.39, 0.29) is 12.2 Å². The molecule has 0 bridgehead atoms. The van der Waals surface area contributed by atoms with E-state index in [4.69, 9.17) is 9.47 Å². The Morgan fingerprint density at radius 3 is 2.52 bits per heavy atom. The molecule has 0 radical (unpaired) electrons. The third-order valence-corrected chi connectivity index (χ3v) is 4.38. The summed E-state index contributed by atoms with van der Waals surface area (Å²) in [4.78, 5) is 0. The van der Waals surface area contributed by atoms with Crippen molar-refractivity contribution in [3.63, 3.8) is 0 Å². The fourth-order valence-electron chi connectivity index (χ4n) is 3.59. The molecule has 3 heteroatoms. The number of pyridine rings is 1. The number of hydrogen-bond donors (Lipinski definition) is 0. The molecule has 108 valence electrons. The minimum atomic E-state index is -0.817. The molecule has 1 fully saturated rings. The lowest BCUT2D eigenvalue weighted by Crippen LogP contribution is -2.68. The Morgan fingerprint density at radius 1 is 1.00 bits per heavy atom. The summed E-state index contributed by atoms with van der Waals surface area (Å²) in [6.07, 6.45) is 4.23. The van der Waals surface area contributed by atoms with Gasteiger partial charge in [-0.05, 0) is 25.5 Å². The average molecular weight is 282 g/mol. The van der Waals surface area contributed by atoms with E-state index in [1.165, 1.54) is 11.3 Å². The summed E-state index contributed by atoms with van der Waals surface area (Å²) in [6.45, 7) is 4.25.